The van der Waals surface area contributed by atoms with Crippen molar-refractivity contribution in [3.8, 4) is 0 Å². The fraction of sp³-hybridized carbons (Fsp3) is 0.389. The quantitative estimate of drug-likeness (QED) is 0.891. The molecule has 0 saturated heterocycles. The summed E-state index contributed by atoms with van der Waals surface area (Å²) in [6, 6.07) is 8.01. The molecule has 0 saturated carbocycles. The zero-order chi connectivity index (χ0) is 14.9. The van der Waals surface area contributed by atoms with Crippen molar-refractivity contribution in [3.05, 3.63) is 59.3 Å². The Morgan fingerprint density at radius 1 is 1.29 bits per heavy atom. The molecular weight excluding hydrogens is 260 g/mol. The van der Waals surface area contributed by atoms with Crippen molar-refractivity contribution in [2.75, 3.05) is 14.1 Å². The maximum atomic E-state index is 12.6. The first kappa shape index (κ1) is 14.1. The third-order valence-corrected chi connectivity index (χ3v) is 4.79. The number of ketones is 1. The van der Waals surface area contributed by atoms with E-state index in [-0.39, 0.29) is 11.5 Å². The van der Waals surface area contributed by atoms with Crippen LogP contribution in [0.4, 0.5) is 0 Å². The number of hydrogen-bond acceptors (Lipinski definition) is 3. The van der Waals surface area contributed by atoms with Gasteiger partial charge in [0.1, 0.15) is 0 Å². The summed E-state index contributed by atoms with van der Waals surface area (Å²) in [5.74, 6) is 0.390. The molecule has 0 radical (unpaired) electrons. The lowest BCUT2D eigenvalue weighted by molar-refractivity contribution is 0.0914. The van der Waals surface area contributed by atoms with Crippen LogP contribution in [0.2, 0.25) is 0 Å². The monoisotopic (exact) mass is 282 g/mol. The fourth-order valence-electron chi connectivity index (χ4n) is 3.42. The molecule has 2 unspecified atom stereocenters. The van der Waals surface area contributed by atoms with E-state index in [9.17, 15) is 4.79 Å². The number of fused-ring (bicyclic) bond motifs is 1. The van der Waals surface area contributed by atoms with E-state index < -0.39 is 0 Å². The third kappa shape index (κ3) is 2.54. The molecule has 2 N–H and O–H groups in total. The zero-order valence-corrected chi connectivity index (χ0v) is 12.6. The molecule has 0 spiro atoms. The van der Waals surface area contributed by atoms with Crippen LogP contribution >= 0.6 is 0 Å². The summed E-state index contributed by atoms with van der Waals surface area (Å²) in [7, 11) is 3.91. The molecule has 1 aromatic carbocycles. The number of rotatable bonds is 4. The molecule has 3 nitrogen and oxygen atoms in total. The Kier molecular flexibility index (Phi) is 3.68. The second kappa shape index (κ2) is 5.49. The van der Waals surface area contributed by atoms with Gasteiger partial charge in [0.15, 0.2) is 5.78 Å². The van der Waals surface area contributed by atoms with Gasteiger partial charge in [-0.25, -0.2) is 0 Å². The topological polar surface area (TPSA) is 41.1 Å². The number of Topliss-reactive ketones (excluding diaryl/α,β-unsaturated/α-hetero) is 1. The van der Waals surface area contributed by atoms with E-state index in [0.717, 1.165) is 30.5 Å². The highest BCUT2D eigenvalue weighted by Crippen LogP contribution is 2.35. The molecule has 3 heteroatoms. The van der Waals surface area contributed by atoms with Crippen molar-refractivity contribution in [2.45, 2.75) is 24.8 Å². The Morgan fingerprint density at radius 2 is 2.10 bits per heavy atom. The van der Waals surface area contributed by atoms with Crippen molar-refractivity contribution >= 4 is 5.78 Å². The fourth-order valence-corrected chi connectivity index (χ4v) is 3.42. The maximum absolute atomic E-state index is 12.6. The summed E-state index contributed by atoms with van der Waals surface area (Å²) in [6.45, 7) is 0. The predicted octanol–water partition coefficient (Wildman–Crippen LogP) is 2.45. The van der Waals surface area contributed by atoms with Crippen LogP contribution in [0.25, 0.3) is 0 Å². The SMILES string of the molecule is CNC1=CCC(CC2Cc3ccccc3C2=O)(NC)C=C1. The van der Waals surface area contributed by atoms with Crippen LogP contribution in [0.1, 0.15) is 28.8 Å². The minimum atomic E-state index is -0.108. The van der Waals surface area contributed by atoms with Crippen LogP contribution < -0.4 is 10.6 Å². The number of benzene rings is 1. The molecule has 1 aromatic rings. The number of hydrogen-bond donors (Lipinski definition) is 2. The molecule has 0 aromatic heterocycles. The van der Waals surface area contributed by atoms with Crippen molar-refractivity contribution in [3.63, 3.8) is 0 Å². The number of nitrogens with one attached hydrogen (secondary N) is 2. The standard InChI is InChI=1S/C18H22N2O/c1-19-15-7-9-18(20-2,10-8-15)12-14-11-13-5-3-4-6-16(13)17(14)21/h3-9,14,19-20H,10-12H2,1-2H3. The van der Waals surface area contributed by atoms with Gasteiger partial charge in [-0.1, -0.05) is 36.4 Å². The van der Waals surface area contributed by atoms with Crippen LogP contribution in [0.15, 0.2) is 48.2 Å². The Morgan fingerprint density at radius 3 is 2.71 bits per heavy atom. The Labute approximate surface area is 126 Å². The Hall–Kier alpha value is -1.87. The van der Waals surface area contributed by atoms with Gasteiger partial charge in [-0.2, -0.15) is 0 Å². The second-order valence-corrected chi connectivity index (χ2v) is 5.98. The lowest BCUT2D eigenvalue weighted by atomic mass is 9.80. The number of likely N-dealkylation sites (N-methyl/N-ethyl adjacent to an activating group) is 2. The molecule has 0 heterocycles. The molecule has 2 aliphatic carbocycles. The van der Waals surface area contributed by atoms with Crippen molar-refractivity contribution in [1.82, 2.24) is 10.6 Å². The molecule has 0 amide bonds. The summed E-state index contributed by atoms with van der Waals surface area (Å²) in [5, 5.41) is 6.59. The first-order valence-electron chi connectivity index (χ1n) is 7.55. The second-order valence-electron chi connectivity index (χ2n) is 5.98. The number of carbonyl (C=O) groups excluding carboxylic acids is 1. The predicted molar refractivity (Wildman–Crippen MR) is 85.3 cm³/mol. The lowest BCUT2D eigenvalue weighted by Gasteiger charge is -2.34. The highest BCUT2D eigenvalue weighted by molar-refractivity contribution is 6.02. The number of allylic oxidation sites excluding steroid dienone is 1. The van der Waals surface area contributed by atoms with Gasteiger partial charge in [0.2, 0.25) is 0 Å². The zero-order valence-electron chi connectivity index (χ0n) is 12.6. The van der Waals surface area contributed by atoms with E-state index in [2.05, 4.69) is 34.9 Å². The van der Waals surface area contributed by atoms with E-state index in [1.807, 2.05) is 32.3 Å². The highest BCUT2D eigenvalue weighted by Gasteiger charge is 2.37. The molecule has 0 bridgehead atoms. The Balaban J connectivity index is 1.77. The molecule has 2 aliphatic rings. The van der Waals surface area contributed by atoms with Gasteiger partial charge in [0, 0.05) is 29.8 Å². The summed E-state index contributed by atoms with van der Waals surface area (Å²) >= 11 is 0. The van der Waals surface area contributed by atoms with Crippen LogP contribution in [-0.2, 0) is 6.42 Å². The first-order valence-corrected chi connectivity index (χ1v) is 7.55. The normalized spacial score (nSPS) is 27.4. The van der Waals surface area contributed by atoms with Crippen LogP contribution in [0.5, 0.6) is 0 Å². The van der Waals surface area contributed by atoms with Gasteiger partial charge in [-0.3, -0.25) is 4.79 Å². The molecule has 0 aliphatic heterocycles. The van der Waals surface area contributed by atoms with E-state index >= 15 is 0 Å². The minimum Gasteiger partial charge on any atom is -0.388 e. The molecule has 3 rings (SSSR count). The van der Waals surface area contributed by atoms with Gasteiger partial charge in [-0.15, -0.1) is 0 Å². The number of carbonyl (C=O) groups is 1. The molecular formula is C18H22N2O. The molecule has 110 valence electrons. The van der Waals surface area contributed by atoms with Gasteiger partial charge in [0.25, 0.3) is 0 Å². The molecule has 21 heavy (non-hydrogen) atoms. The van der Waals surface area contributed by atoms with Crippen LogP contribution in [0, 0.1) is 5.92 Å². The summed E-state index contributed by atoms with van der Waals surface area (Å²) in [5.41, 5.74) is 3.15. The van der Waals surface area contributed by atoms with E-state index in [0.29, 0.717) is 5.78 Å². The van der Waals surface area contributed by atoms with Crippen LogP contribution in [0.3, 0.4) is 0 Å². The van der Waals surface area contributed by atoms with Crippen molar-refractivity contribution < 1.29 is 4.79 Å². The first-order chi connectivity index (χ1) is 10.2. The highest BCUT2D eigenvalue weighted by atomic mass is 16.1. The van der Waals surface area contributed by atoms with Gasteiger partial charge >= 0.3 is 0 Å². The van der Waals surface area contributed by atoms with E-state index in [4.69, 9.17) is 0 Å². The van der Waals surface area contributed by atoms with Gasteiger partial charge in [0.05, 0.1) is 0 Å². The van der Waals surface area contributed by atoms with E-state index in [1.54, 1.807) is 0 Å². The summed E-state index contributed by atoms with van der Waals surface area (Å²) in [4.78, 5) is 12.6. The Bertz CT molecular complexity index is 617. The molecule has 0 fully saturated rings. The molecule has 2 atom stereocenters. The van der Waals surface area contributed by atoms with Gasteiger partial charge < -0.3 is 10.6 Å². The average molecular weight is 282 g/mol. The summed E-state index contributed by atoms with van der Waals surface area (Å²) < 4.78 is 0. The minimum absolute atomic E-state index is 0.0871. The largest absolute Gasteiger partial charge is 0.388 e. The lowest BCUT2D eigenvalue weighted by Crippen LogP contribution is -2.44. The summed E-state index contributed by atoms with van der Waals surface area (Å²) in [6.07, 6.45) is 9.14. The van der Waals surface area contributed by atoms with Crippen molar-refractivity contribution in [2.24, 2.45) is 5.92 Å². The average Bonchev–Trinajstić information content (AvgIpc) is 2.84. The smallest absolute Gasteiger partial charge is 0.166 e. The van der Waals surface area contributed by atoms with Gasteiger partial charge in [-0.05, 0) is 37.9 Å². The van der Waals surface area contributed by atoms with E-state index in [1.165, 1.54) is 5.56 Å². The maximum Gasteiger partial charge on any atom is 0.166 e. The van der Waals surface area contributed by atoms with Crippen LogP contribution in [-0.4, -0.2) is 25.4 Å². The van der Waals surface area contributed by atoms with Crippen molar-refractivity contribution in [1.29, 1.82) is 0 Å². The third-order valence-electron chi connectivity index (χ3n) is 4.79.